The van der Waals surface area contributed by atoms with Gasteiger partial charge in [0.1, 0.15) is 0 Å². The van der Waals surface area contributed by atoms with Gasteiger partial charge in [-0.2, -0.15) is 0 Å². The van der Waals surface area contributed by atoms with E-state index in [2.05, 4.69) is 37.8 Å². The number of benzene rings is 2. The van der Waals surface area contributed by atoms with Crippen molar-refractivity contribution in [2.75, 3.05) is 16.0 Å². The van der Waals surface area contributed by atoms with Crippen molar-refractivity contribution in [1.29, 1.82) is 0 Å². The highest BCUT2D eigenvalue weighted by Gasteiger charge is 2.06. The number of urea groups is 1. The van der Waals surface area contributed by atoms with Gasteiger partial charge in [0.15, 0.2) is 0 Å². The maximum atomic E-state index is 12.4. The number of nitrogens with one attached hydrogen (secondary N) is 4. The average Bonchev–Trinajstić information content (AvgIpc) is 3.29. The highest BCUT2D eigenvalue weighted by molar-refractivity contribution is 6.00. The lowest BCUT2D eigenvalue weighted by Crippen LogP contribution is -2.19. The Bertz CT molecular complexity index is 1140. The van der Waals surface area contributed by atoms with E-state index in [4.69, 9.17) is 0 Å². The molecule has 2 aromatic heterocycles. The van der Waals surface area contributed by atoms with Gasteiger partial charge in [-0.15, -0.1) is 0 Å². The maximum Gasteiger partial charge on any atom is 0.323 e. The minimum Gasteiger partial charge on any atom is -0.360 e. The fourth-order valence-electron chi connectivity index (χ4n) is 3.02. The normalized spacial score (nSPS) is 10.4. The van der Waals surface area contributed by atoms with Crippen molar-refractivity contribution in [2.24, 2.45) is 0 Å². The average molecular weight is 398 g/mol. The molecular weight excluding hydrogens is 376 g/mol. The summed E-state index contributed by atoms with van der Waals surface area (Å²) in [6.45, 7) is 2.08. The highest BCUT2D eigenvalue weighted by Crippen LogP contribution is 2.21. The van der Waals surface area contributed by atoms with Crippen LogP contribution in [0.5, 0.6) is 0 Å². The molecule has 7 heteroatoms. The first-order valence-electron chi connectivity index (χ1n) is 9.70. The molecule has 4 aromatic rings. The van der Waals surface area contributed by atoms with Crippen LogP contribution in [0.2, 0.25) is 0 Å². The van der Waals surface area contributed by atoms with E-state index in [1.54, 1.807) is 6.20 Å². The third-order valence-corrected chi connectivity index (χ3v) is 4.50. The molecule has 0 radical (unpaired) electrons. The smallest absolute Gasteiger partial charge is 0.323 e. The van der Waals surface area contributed by atoms with Crippen LogP contribution in [0.4, 0.5) is 27.8 Å². The van der Waals surface area contributed by atoms with Crippen LogP contribution in [-0.2, 0) is 6.42 Å². The van der Waals surface area contributed by atoms with Crippen molar-refractivity contribution < 1.29 is 4.79 Å². The molecule has 2 heterocycles. The van der Waals surface area contributed by atoms with E-state index < -0.39 is 0 Å². The number of amides is 2. The van der Waals surface area contributed by atoms with Gasteiger partial charge in [0.25, 0.3) is 0 Å². The van der Waals surface area contributed by atoms with Crippen molar-refractivity contribution in [3.63, 3.8) is 0 Å². The molecule has 0 saturated carbocycles. The SMILES string of the molecule is CCc1cccc(NC(=O)Nc2cccc(Nc3nccc(-c4ccc[nH]4)n3)c2)c1. The zero-order valence-corrected chi connectivity index (χ0v) is 16.5. The number of rotatable bonds is 6. The first-order chi connectivity index (χ1) is 14.7. The Morgan fingerprint density at radius 1 is 0.933 bits per heavy atom. The molecule has 7 nitrogen and oxygen atoms in total. The molecule has 0 atom stereocenters. The van der Waals surface area contributed by atoms with E-state index in [1.165, 1.54) is 5.56 Å². The summed E-state index contributed by atoms with van der Waals surface area (Å²) < 4.78 is 0. The molecule has 150 valence electrons. The first kappa shape index (κ1) is 19.2. The fraction of sp³-hybridized carbons (Fsp3) is 0.0870. The van der Waals surface area contributed by atoms with Crippen LogP contribution >= 0.6 is 0 Å². The number of aryl methyl sites for hydroxylation is 1. The van der Waals surface area contributed by atoms with Gasteiger partial charge in [0.2, 0.25) is 5.95 Å². The molecule has 2 aromatic carbocycles. The Morgan fingerprint density at radius 2 is 1.70 bits per heavy atom. The van der Waals surface area contributed by atoms with Crippen molar-refractivity contribution in [2.45, 2.75) is 13.3 Å². The van der Waals surface area contributed by atoms with Crippen LogP contribution in [0.15, 0.2) is 79.1 Å². The lowest BCUT2D eigenvalue weighted by atomic mass is 10.1. The van der Waals surface area contributed by atoms with Gasteiger partial charge in [-0.1, -0.05) is 25.1 Å². The fourth-order valence-corrected chi connectivity index (χ4v) is 3.02. The molecule has 30 heavy (non-hydrogen) atoms. The summed E-state index contributed by atoms with van der Waals surface area (Å²) in [7, 11) is 0. The molecule has 0 aliphatic heterocycles. The molecule has 0 spiro atoms. The standard InChI is InChI=1S/C23H22N6O/c1-2-16-6-3-7-17(14-16)27-23(30)28-19-9-4-8-18(15-19)26-22-25-13-11-21(29-22)20-10-5-12-24-20/h3-15,24H,2H2,1H3,(H,25,26,29)(H2,27,28,30). The summed E-state index contributed by atoms with van der Waals surface area (Å²) in [6.07, 6.45) is 4.46. The van der Waals surface area contributed by atoms with Gasteiger partial charge < -0.3 is 20.9 Å². The van der Waals surface area contributed by atoms with Gasteiger partial charge in [-0.25, -0.2) is 14.8 Å². The summed E-state index contributed by atoms with van der Waals surface area (Å²) in [5, 5.41) is 8.89. The van der Waals surface area contributed by atoms with Crippen LogP contribution in [-0.4, -0.2) is 21.0 Å². The van der Waals surface area contributed by atoms with Crippen LogP contribution in [0.1, 0.15) is 12.5 Å². The minimum atomic E-state index is -0.301. The zero-order valence-electron chi connectivity index (χ0n) is 16.5. The number of carbonyl (C=O) groups is 1. The molecule has 4 N–H and O–H groups in total. The number of hydrogen-bond acceptors (Lipinski definition) is 4. The van der Waals surface area contributed by atoms with Crippen LogP contribution in [0, 0.1) is 0 Å². The topological polar surface area (TPSA) is 94.7 Å². The predicted octanol–water partition coefficient (Wildman–Crippen LogP) is 5.42. The highest BCUT2D eigenvalue weighted by atomic mass is 16.2. The third kappa shape index (κ3) is 4.82. The van der Waals surface area contributed by atoms with Gasteiger partial charge in [-0.05, 0) is 60.5 Å². The van der Waals surface area contributed by atoms with Gasteiger partial charge in [0.05, 0.1) is 11.4 Å². The van der Waals surface area contributed by atoms with Crippen LogP contribution < -0.4 is 16.0 Å². The number of hydrogen-bond donors (Lipinski definition) is 4. The number of nitrogens with zero attached hydrogens (tertiary/aromatic N) is 2. The van der Waals surface area contributed by atoms with Gasteiger partial charge in [-0.3, -0.25) is 0 Å². The third-order valence-electron chi connectivity index (χ3n) is 4.50. The molecule has 4 rings (SSSR count). The van der Waals surface area contributed by atoms with Crippen molar-refractivity contribution in [3.8, 4) is 11.4 Å². The van der Waals surface area contributed by atoms with E-state index >= 15 is 0 Å². The van der Waals surface area contributed by atoms with E-state index in [-0.39, 0.29) is 6.03 Å². The van der Waals surface area contributed by atoms with Crippen molar-refractivity contribution in [1.82, 2.24) is 15.0 Å². The van der Waals surface area contributed by atoms with Gasteiger partial charge in [0, 0.05) is 29.5 Å². The van der Waals surface area contributed by atoms with E-state index in [0.717, 1.165) is 29.2 Å². The number of aromatic amines is 1. The molecule has 0 aliphatic rings. The Labute approximate surface area is 174 Å². The maximum absolute atomic E-state index is 12.4. The van der Waals surface area contributed by atoms with Crippen LogP contribution in [0.3, 0.4) is 0 Å². The van der Waals surface area contributed by atoms with Crippen LogP contribution in [0.25, 0.3) is 11.4 Å². The van der Waals surface area contributed by atoms with Crippen molar-refractivity contribution >= 4 is 29.0 Å². The number of H-pyrrole nitrogens is 1. The largest absolute Gasteiger partial charge is 0.360 e. The monoisotopic (exact) mass is 398 g/mol. The zero-order chi connectivity index (χ0) is 20.8. The van der Waals surface area contributed by atoms with E-state index in [0.29, 0.717) is 11.6 Å². The summed E-state index contributed by atoms with van der Waals surface area (Å²) in [4.78, 5) is 24.3. The lowest BCUT2D eigenvalue weighted by Gasteiger charge is -2.11. The predicted molar refractivity (Wildman–Crippen MR) is 120 cm³/mol. The molecule has 0 unspecified atom stereocenters. The second kappa shape index (κ2) is 8.91. The molecular formula is C23H22N6O. The lowest BCUT2D eigenvalue weighted by molar-refractivity contribution is 0.262. The Morgan fingerprint density at radius 3 is 2.47 bits per heavy atom. The summed E-state index contributed by atoms with van der Waals surface area (Å²) >= 11 is 0. The minimum absolute atomic E-state index is 0.301. The van der Waals surface area contributed by atoms with E-state index in [1.807, 2.05) is 72.9 Å². The number of aromatic nitrogens is 3. The quantitative estimate of drug-likeness (QED) is 0.349. The molecule has 0 bridgehead atoms. The molecule has 0 fully saturated rings. The Hall–Kier alpha value is -4.13. The number of anilines is 4. The molecule has 0 saturated heterocycles. The summed E-state index contributed by atoms with van der Waals surface area (Å²) in [5.74, 6) is 0.472. The second-order valence-corrected chi connectivity index (χ2v) is 6.69. The van der Waals surface area contributed by atoms with E-state index in [9.17, 15) is 4.79 Å². The molecule has 0 aliphatic carbocycles. The van der Waals surface area contributed by atoms with Gasteiger partial charge >= 0.3 is 6.03 Å². The number of carbonyl (C=O) groups excluding carboxylic acids is 1. The van der Waals surface area contributed by atoms with Crippen molar-refractivity contribution in [3.05, 3.63) is 84.7 Å². The molecule has 2 amide bonds. The first-order valence-corrected chi connectivity index (χ1v) is 9.70. The Kier molecular flexibility index (Phi) is 5.70. The second-order valence-electron chi connectivity index (χ2n) is 6.69. The Balaban J connectivity index is 1.42. The summed E-state index contributed by atoms with van der Waals surface area (Å²) in [5.41, 5.74) is 5.06. The summed E-state index contributed by atoms with van der Waals surface area (Å²) in [6, 6.07) is 20.6.